The van der Waals surface area contributed by atoms with Crippen molar-refractivity contribution in [3.63, 3.8) is 0 Å². The lowest BCUT2D eigenvalue weighted by Crippen LogP contribution is -2.45. The molecule has 0 saturated heterocycles. The van der Waals surface area contributed by atoms with Crippen LogP contribution in [0.25, 0.3) is 0 Å². The molecule has 0 radical (unpaired) electrons. The molecule has 1 N–H and O–H groups in total. The smallest absolute Gasteiger partial charge is 0.341 e. The predicted molar refractivity (Wildman–Crippen MR) is 112 cm³/mol. The van der Waals surface area contributed by atoms with Crippen molar-refractivity contribution < 1.29 is 19.1 Å². The van der Waals surface area contributed by atoms with E-state index in [-0.39, 0.29) is 18.2 Å². The topological polar surface area (TPSA) is 77.0 Å². The SMILES string of the molecule is CC1=NC(=O)NC(c2ccccc2OC(C)C)C1C(=O)OC1CCCCCCC1. The molecule has 1 aromatic rings. The van der Waals surface area contributed by atoms with Crippen LogP contribution in [-0.2, 0) is 9.53 Å². The first kappa shape index (κ1) is 21.3. The molecular weight excluding hydrogens is 368 g/mol. The van der Waals surface area contributed by atoms with Crippen LogP contribution < -0.4 is 10.1 Å². The molecule has 2 unspecified atom stereocenters. The summed E-state index contributed by atoms with van der Waals surface area (Å²) < 4.78 is 11.9. The summed E-state index contributed by atoms with van der Waals surface area (Å²) in [5, 5.41) is 2.86. The average Bonchev–Trinajstić information content (AvgIpc) is 2.63. The predicted octanol–water partition coefficient (Wildman–Crippen LogP) is 4.97. The van der Waals surface area contributed by atoms with Gasteiger partial charge in [0.1, 0.15) is 17.8 Å². The molecule has 2 amide bonds. The van der Waals surface area contributed by atoms with Gasteiger partial charge in [-0.25, -0.2) is 9.79 Å². The number of para-hydroxylation sites is 1. The summed E-state index contributed by atoms with van der Waals surface area (Å²) in [5.41, 5.74) is 1.25. The highest BCUT2D eigenvalue weighted by molar-refractivity contribution is 6.08. The van der Waals surface area contributed by atoms with E-state index in [0.29, 0.717) is 11.5 Å². The lowest BCUT2D eigenvalue weighted by Gasteiger charge is -2.32. The molecule has 6 heteroatoms. The van der Waals surface area contributed by atoms with Crippen LogP contribution in [0.4, 0.5) is 4.79 Å². The number of carbonyl (C=O) groups excluding carboxylic acids is 2. The quantitative estimate of drug-likeness (QED) is 0.708. The maximum absolute atomic E-state index is 13.2. The maximum atomic E-state index is 13.2. The molecule has 2 atom stereocenters. The molecule has 158 valence electrons. The number of urea groups is 1. The van der Waals surface area contributed by atoms with Gasteiger partial charge in [-0.05, 0) is 52.5 Å². The summed E-state index contributed by atoms with van der Waals surface area (Å²) >= 11 is 0. The number of nitrogens with zero attached hydrogens (tertiary/aromatic N) is 1. The van der Waals surface area contributed by atoms with Crippen molar-refractivity contribution in [3.05, 3.63) is 29.8 Å². The molecule has 1 heterocycles. The van der Waals surface area contributed by atoms with E-state index in [1.165, 1.54) is 19.3 Å². The van der Waals surface area contributed by atoms with Crippen LogP contribution >= 0.6 is 0 Å². The van der Waals surface area contributed by atoms with Crippen LogP contribution in [0.5, 0.6) is 5.75 Å². The molecular formula is C23H32N2O4. The van der Waals surface area contributed by atoms with Crippen LogP contribution in [0.2, 0.25) is 0 Å². The van der Waals surface area contributed by atoms with Gasteiger partial charge in [-0.1, -0.05) is 37.5 Å². The van der Waals surface area contributed by atoms with Crippen molar-refractivity contribution in [1.29, 1.82) is 0 Å². The zero-order valence-corrected chi connectivity index (χ0v) is 17.6. The van der Waals surface area contributed by atoms with Crippen molar-refractivity contribution in [1.82, 2.24) is 5.32 Å². The second kappa shape index (κ2) is 9.90. The lowest BCUT2D eigenvalue weighted by molar-refractivity contribution is -0.153. The van der Waals surface area contributed by atoms with Gasteiger partial charge in [0.25, 0.3) is 0 Å². The third-order valence-electron chi connectivity index (χ3n) is 5.55. The Morgan fingerprint density at radius 3 is 2.45 bits per heavy atom. The average molecular weight is 401 g/mol. The largest absolute Gasteiger partial charge is 0.491 e. The Bertz CT molecular complexity index is 751. The Morgan fingerprint density at radius 1 is 1.10 bits per heavy atom. The molecule has 1 aromatic carbocycles. The molecule has 0 aromatic heterocycles. The fraction of sp³-hybridized carbons (Fsp3) is 0.609. The highest BCUT2D eigenvalue weighted by atomic mass is 16.5. The zero-order chi connectivity index (χ0) is 20.8. The number of aliphatic imine (C=N–C) groups is 1. The summed E-state index contributed by atoms with van der Waals surface area (Å²) in [5.74, 6) is -0.317. The third kappa shape index (κ3) is 5.58. The zero-order valence-electron chi connectivity index (χ0n) is 17.6. The Hall–Kier alpha value is -2.37. The highest BCUT2D eigenvalue weighted by Crippen LogP contribution is 2.35. The molecule has 0 spiro atoms. The van der Waals surface area contributed by atoms with Crippen molar-refractivity contribution >= 4 is 17.7 Å². The van der Waals surface area contributed by atoms with Crippen LogP contribution in [0.15, 0.2) is 29.3 Å². The molecule has 1 aliphatic heterocycles. The summed E-state index contributed by atoms with van der Waals surface area (Å²) in [6, 6.07) is 6.51. The fourth-order valence-corrected chi connectivity index (χ4v) is 4.16. The Morgan fingerprint density at radius 2 is 1.76 bits per heavy atom. The number of benzene rings is 1. The van der Waals surface area contributed by atoms with Crippen LogP contribution in [-0.4, -0.2) is 29.9 Å². The number of amides is 2. The van der Waals surface area contributed by atoms with Crippen molar-refractivity contribution in [3.8, 4) is 5.75 Å². The molecule has 0 bridgehead atoms. The minimum Gasteiger partial charge on any atom is -0.491 e. The van der Waals surface area contributed by atoms with Gasteiger partial charge in [-0.3, -0.25) is 4.79 Å². The number of hydrogen-bond donors (Lipinski definition) is 1. The monoisotopic (exact) mass is 400 g/mol. The minimum absolute atomic E-state index is 0.0227. The van der Waals surface area contributed by atoms with Gasteiger partial charge in [0.2, 0.25) is 0 Å². The maximum Gasteiger partial charge on any atom is 0.341 e. The summed E-state index contributed by atoms with van der Waals surface area (Å²) in [7, 11) is 0. The van der Waals surface area contributed by atoms with Gasteiger partial charge in [0.05, 0.1) is 12.1 Å². The Kier molecular flexibility index (Phi) is 7.29. The standard InChI is InChI=1S/C23H32N2O4/c1-15(2)28-19-14-10-9-13-18(19)21-20(16(3)24-23(27)25-21)22(26)29-17-11-7-5-4-6-8-12-17/h9-10,13-15,17,20-21H,4-8,11-12H2,1-3H3,(H,25,27). The first-order valence-corrected chi connectivity index (χ1v) is 10.8. The molecule has 2 aliphatic rings. The van der Waals surface area contributed by atoms with Crippen LogP contribution in [0.1, 0.15) is 77.3 Å². The van der Waals surface area contributed by atoms with E-state index < -0.39 is 18.0 Å². The van der Waals surface area contributed by atoms with Gasteiger partial charge < -0.3 is 14.8 Å². The Labute approximate surface area is 173 Å². The molecule has 3 rings (SSSR count). The third-order valence-corrected chi connectivity index (χ3v) is 5.55. The van der Waals surface area contributed by atoms with E-state index in [1.807, 2.05) is 38.1 Å². The van der Waals surface area contributed by atoms with Gasteiger partial charge in [0.15, 0.2) is 0 Å². The number of nitrogens with one attached hydrogen (secondary N) is 1. The molecule has 1 saturated carbocycles. The van der Waals surface area contributed by atoms with E-state index in [0.717, 1.165) is 31.2 Å². The van der Waals surface area contributed by atoms with E-state index in [4.69, 9.17) is 9.47 Å². The second-order valence-corrected chi connectivity index (χ2v) is 8.27. The van der Waals surface area contributed by atoms with Gasteiger partial charge in [-0.2, -0.15) is 0 Å². The number of rotatable bonds is 5. The van der Waals surface area contributed by atoms with Gasteiger partial charge in [-0.15, -0.1) is 0 Å². The normalized spacial score (nSPS) is 23.6. The highest BCUT2D eigenvalue weighted by Gasteiger charge is 2.40. The van der Waals surface area contributed by atoms with Crippen LogP contribution in [0.3, 0.4) is 0 Å². The van der Waals surface area contributed by atoms with E-state index >= 15 is 0 Å². The first-order chi connectivity index (χ1) is 14.0. The summed E-state index contributed by atoms with van der Waals surface area (Å²) in [6.45, 7) is 5.62. The summed E-state index contributed by atoms with van der Waals surface area (Å²) in [6.07, 6.45) is 7.53. The molecule has 6 nitrogen and oxygen atoms in total. The fourth-order valence-electron chi connectivity index (χ4n) is 4.16. The molecule has 1 fully saturated rings. The van der Waals surface area contributed by atoms with E-state index in [2.05, 4.69) is 10.3 Å². The van der Waals surface area contributed by atoms with Crippen molar-refractivity contribution in [2.24, 2.45) is 10.9 Å². The van der Waals surface area contributed by atoms with Crippen molar-refractivity contribution in [2.45, 2.75) is 84.0 Å². The number of esters is 1. The number of ether oxygens (including phenoxy) is 2. The Balaban J connectivity index is 1.85. The number of hydrogen-bond acceptors (Lipinski definition) is 4. The van der Waals surface area contributed by atoms with Gasteiger partial charge >= 0.3 is 12.0 Å². The summed E-state index contributed by atoms with van der Waals surface area (Å²) in [4.78, 5) is 29.3. The lowest BCUT2D eigenvalue weighted by atomic mass is 9.87. The van der Waals surface area contributed by atoms with Gasteiger partial charge in [0, 0.05) is 11.3 Å². The van der Waals surface area contributed by atoms with E-state index in [9.17, 15) is 9.59 Å². The van der Waals surface area contributed by atoms with Crippen LogP contribution in [0, 0.1) is 5.92 Å². The second-order valence-electron chi connectivity index (χ2n) is 8.27. The molecule has 1 aliphatic carbocycles. The first-order valence-electron chi connectivity index (χ1n) is 10.8. The van der Waals surface area contributed by atoms with E-state index in [1.54, 1.807) is 6.92 Å². The van der Waals surface area contributed by atoms with Crippen molar-refractivity contribution in [2.75, 3.05) is 0 Å². The number of carbonyl (C=O) groups is 2. The minimum atomic E-state index is -0.657. The molecule has 29 heavy (non-hydrogen) atoms.